The minimum Gasteiger partial charge on any atom is -0.489 e. The molecule has 0 saturated heterocycles. The van der Waals surface area contributed by atoms with Crippen molar-refractivity contribution in [2.75, 3.05) is 31.2 Å². The third kappa shape index (κ3) is 2.21. The minimum atomic E-state index is -0.280. The number of hydrogen-bond donors (Lipinski definition) is 1. The second kappa shape index (κ2) is 4.49. The lowest BCUT2D eigenvalue weighted by Gasteiger charge is -2.31. The molecule has 0 saturated carbocycles. The van der Waals surface area contributed by atoms with E-state index in [2.05, 4.69) is 4.90 Å². The summed E-state index contributed by atoms with van der Waals surface area (Å²) in [5.74, 6) is 0.317. The largest absolute Gasteiger partial charge is 0.489 e. The lowest BCUT2D eigenvalue weighted by molar-refractivity contribution is 0.279. The maximum atomic E-state index is 12.9. The second-order valence-corrected chi connectivity index (χ2v) is 3.52. The Morgan fingerprint density at radius 1 is 1.47 bits per heavy atom. The highest BCUT2D eigenvalue weighted by atomic mass is 19.1. The summed E-state index contributed by atoms with van der Waals surface area (Å²) in [7, 11) is 0. The van der Waals surface area contributed by atoms with Gasteiger partial charge in [0.05, 0.1) is 12.2 Å². The van der Waals surface area contributed by atoms with Gasteiger partial charge in [0.1, 0.15) is 18.2 Å². The SMILES string of the molecule is OCCCN1CCOc2cc(F)ccc21. The molecule has 1 aliphatic heterocycles. The van der Waals surface area contributed by atoms with Gasteiger partial charge in [-0.3, -0.25) is 0 Å². The van der Waals surface area contributed by atoms with Gasteiger partial charge in [0.25, 0.3) is 0 Å². The third-order valence-electron chi connectivity index (χ3n) is 2.47. The Kier molecular flexibility index (Phi) is 3.06. The van der Waals surface area contributed by atoms with Gasteiger partial charge in [-0.25, -0.2) is 4.39 Å². The van der Waals surface area contributed by atoms with Crippen molar-refractivity contribution in [3.05, 3.63) is 24.0 Å². The van der Waals surface area contributed by atoms with Crippen molar-refractivity contribution in [2.24, 2.45) is 0 Å². The van der Waals surface area contributed by atoms with Crippen molar-refractivity contribution in [3.63, 3.8) is 0 Å². The van der Waals surface area contributed by atoms with Crippen LogP contribution in [0.15, 0.2) is 18.2 Å². The number of nitrogens with zero attached hydrogens (tertiary/aromatic N) is 1. The number of aliphatic hydroxyl groups excluding tert-OH is 1. The van der Waals surface area contributed by atoms with Crippen molar-refractivity contribution in [3.8, 4) is 5.75 Å². The zero-order chi connectivity index (χ0) is 10.7. The molecule has 0 unspecified atom stereocenters. The van der Waals surface area contributed by atoms with E-state index in [0.717, 1.165) is 25.2 Å². The van der Waals surface area contributed by atoms with Crippen LogP contribution in [0, 0.1) is 5.82 Å². The Morgan fingerprint density at radius 2 is 2.33 bits per heavy atom. The summed E-state index contributed by atoms with van der Waals surface area (Å²) in [6.45, 7) is 2.31. The molecule has 1 aromatic carbocycles. The van der Waals surface area contributed by atoms with Gasteiger partial charge < -0.3 is 14.7 Å². The van der Waals surface area contributed by atoms with Crippen LogP contribution in [0.4, 0.5) is 10.1 Å². The summed E-state index contributed by atoms with van der Waals surface area (Å²) in [5.41, 5.74) is 0.913. The molecular weight excluding hydrogens is 197 g/mol. The number of anilines is 1. The van der Waals surface area contributed by atoms with Gasteiger partial charge >= 0.3 is 0 Å². The molecule has 15 heavy (non-hydrogen) atoms. The van der Waals surface area contributed by atoms with E-state index >= 15 is 0 Å². The predicted molar refractivity (Wildman–Crippen MR) is 55.8 cm³/mol. The Morgan fingerprint density at radius 3 is 3.13 bits per heavy atom. The highest BCUT2D eigenvalue weighted by Crippen LogP contribution is 2.31. The lowest BCUT2D eigenvalue weighted by atomic mass is 10.2. The number of hydrogen-bond acceptors (Lipinski definition) is 3. The molecule has 0 atom stereocenters. The molecule has 0 bridgehead atoms. The quantitative estimate of drug-likeness (QED) is 0.820. The molecule has 0 aliphatic carbocycles. The molecule has 0 aromatic heterocycles. The maximum absolute atomic E-state index is 12.9. The Bertz CT molecular complexity index is 343. The zero-order valence-corrected chi connectivity index (χ0v) is 8.45. The first kappa shape index (κ1) is 10.2. The van der Waals surface area contributed by atoms with Crippen LogP contribution in [0.3, 0.4) is 0 Å². The summed E-state index contributed by atoms with van der Waals surface area (Å²) in [6.07, 6.45) is 0.719. The van der Waals surface area contributed by atoms with Crippen LogP contribution < -0.4 is 9.64 Å². The summed E-state index contributed by atoms with van der Waals surface area (Å²) < 4.78 is 18.3. The van der Waals surface area contributed by atoms with Crippen LogP contribution in [0.25, 0.3) is 0 Å². The molecule has 1 N–H and O–H groups in total. The first-order valence-corrected chi connectivity index (χ1v) is 5.09. The first-order valence-electron chi connectivity index (χ1n) is 5.09. The maximum Gasteiger partial charge on any atom is 0.145 e. The lowest BCUT2D eigenvalue weighted by Crippen LogP contribution is -2.33. The van der Waals surface area contributed by atoms with Crippen LogP contribution >= 0.6 is 0 Å². The molecule has 1 aromatic rings. The third-order valence-corrected chi connectivity index (χ3v) is 2.47. The van der Waals surface area contributed by atoms with E-state index in [1.165, 1.54) is 12.1 Å². The van der Waals surface area contributed by atoms with Gasteiger partial charge in [-0.15, -0.1) is 0 Å². The Balaban J connectivity index is 2.18. The summed E-state index contributed by atoms with van der Waals surface area (Å²) in [5, 5.41) is 8.77. The van der Waals surface area contributed by atoms with E-state index < -0.39 is 0 Å². The normalized spacial score (nSPS) is 14.7. The fourth-order valence-corrected chi connectivity index (χ4v) is 1.74. The van der Waals surface area contributed by atoms with Crippen molar-refractivity contribution in [1.29, 1.82) is 0 Å². The first-order chi connectivity index (χ1) is 7.31. The van der Waals surface area contributed by atoms with Gasteiger partial charge in [-0.1, -0.05) is 0 Å². The van der Waals surface area contributed by atoms with Crippen LogP contribution in [0.1, 0.15) is 6.42 Å². The van der Waals surface area contributed by atoms with Gasteiger partial charge in [0.15, 0.2) is 0 Å². The van der Waals surface area contributed by atoms with E-state index in [4.69, 9.17) is 9.84 Å². The standard InChI is InChI=1S/C11H14FNO2/c12-9-2-3-10-11(8-9)15-7-5-13(10)4-1-6-14/h2-3,8,14H,1,4-7H2. The van der Waals surface area contributed by atoms with Crippen LogP contribution in [-0.4, -0.2) is 31.4 Å². The van der Waals surface area contributed by atoms with Crippen molar-refractivity contribution < 1.29 is 14.2 Å². The van der Waals surface area contributed by atoms with Crippen molar-refractivity contribution in [1.82, 2.24) is 0 Å². The molecule has 0 fully saturated rings. The minimum absolute atomic E-state index is 0.174. The van der Waals surface area contributed by atoms with Crippen molar-refractivity contribution in [2.45, 2.75) is 6.42 Å². The van der Waals surface area contributed by atoms with E-state index in [1.54, 1.807) is 6.07 Å². The molecule has 0 radical (unpaired) electrons. The number of rotatable bonds is 3. The van der Waals surface area contributed by atoms with Gasteiger partial charge in [0.2, 0.25) is 0 Å². The molecular formula is C11H14FNO2. The highest BCUT2D eigenvalue weighted by Gasteiger charge is 2.17. The van der Waals surface area contributed by atoms with Gasteiger partial charge in [-0.05, 0) is 18.6 Å². The molecule has 0 spiro atoms. The molecule has 1 heterocycles. The fourth-order valence-electron chi connectivity index (χ4n) is 1.74. The molecule has 4 heteroatoms. The summed E-state index contributed by atoms with van der Waals surface area (Å²) in [6, 6.07) is 4.56. The van der Waals surface area contributed by atoms with E-state index in [-0.39, 0.29) is 12.4 Å². The van der Waals surface area contributed by atoms with Crippen LogP contribution in [-0.2, 0) is 0 Å². The van der Waals surface area contributed by atoms with Crippen LogP contribution in [0.2, 0.25) is 0 Å². The average molecular weight is 211 g/mol. The predicted octanol–water partition coefficient (Wildman–Crippen LogP) is 1.41. The molecule has 2 rings (SSSR count). The number of halogens is 1. The Labute approximate surface area is 88.1 Å². The van der Waals surface area contributed by atoms with E-state index in [0.29, 0.717) is 12.4 Å². The number of fused-ring (bicyclic) bond motifs is 1. The fraction of sp³-hybridized carbons (Fsp3) is 0.455. The molecule has 82 valence electrons. The monoisotopic (exact) mass is 211 g/mol. The topological polar surface area (TPSA) is 32.7 Å². The highest BCUT2D eigenvalue weighted by molar-refractivity contribution is 5.59. The van der Waals surface area contributed by atoms with Gasteiger partial charge in [-0.2, -0.15) is 0 Å². The van der Waals surface area contributed by atoms with Crippen LogP contribution in [0.5, 0.6) is 5.75 Å². The second-order valence-electron chi connectivity index (χ2n) is 3.52. The molecule has 1 aliphatic rings. The molecule has 3 nitrogen and oxygen atoms in total. The van der Waals surface area contributed by atoms with Crippen molar-refractivity contribution >= 4 is 5.69 Å². The number of aliphatic hydroxyl groups is 1. The summed E-state index contributed by atoms with van der Waals surface area (Å²) >= 11 is 0. The van der Waals surface area contributed by atoms with E-state index in [9.17, 15) is 4.39 Å². The summed E-state index contributed by atoms with van der Waals surface area (Å²) in [4.78, 5) is 2.11. The smallest absolute Gasteiger partial charge is 0.145 e. The zero-order valence-electron chi connectivity index (χ0n) is 8.45. The Hall–Kier alpha value is -1.29. The van der Waals surface area contributed by atoms with Gasteiger partial charge in [0, 0.05) is 19.2 Å². The average Bonchev–Trinajstić information content (AvgIpc) is 2.25. The number of benzene rings is 1. The molecule has 0 amide bonds. The number of ether oxygens (including phenoxy) is 1. The van der Waals surface area contributed by atoms with E-state index in [1.807, 2.05) is 0 Å².